The van der Waals surface area contributed by atoms with Gasteiger partial charge in [-0.05, 0) is 36.8 Å². The maximum absolute atomic E-state index is 5.55. The Bertz CT molecular complexity index is 795. The Morgan fingerprint density at radius 2 is 1.48 bits per heavy atom. The molecule has 0 amide bonds. The van der Waals surface area contributed by atoms with Crippen LogP contribution in [0.1, 0.15) is 45.7 Å². The lowest BCUT2D eigenvalue weighted by atomic mass is 9.78. The second-order valence-corrected chi connectivity index (χ2v) is 12.0. The van der Waals surface area contributed by atoms with Gasteiger partial charge in [0.05, 0.1) is 0 Å². The van der Waals surface area contributed by atoms with Crippen molar-refractivity contribution in [1.29, 1.82) is 0 Å². The van der Waals surface area contributed by atoms with Gasteiger partial charge >= 0.3 is 0 Å². The molecule has 0 aliphatic rings. The summed E-state index contributed by atoms with van der Waals surface area (Å²) in [7, 11) is 0. The highest BCUT2D eigenvalue weighted by Crippen LogP contribution is 2.27. The van der Waals surface area contributed by atoms with Gasteiger partial charge in [0.15, 0.2) is 0 Å². The first-order chi connectivity index (χ1) is 15.7. The Morgan fingerprint density at radius 3 is 2.06 bits per heavy atom. The van der Waals surface area contributed by atoms with Crippen molar-refractivity contribution >= 4 is 29.3 Å². The number of rotatable bonds is 16. The quantitative estimate of drug-likeness (QED) is 0.216. The maximum atomic E-state index is 5.55. The molecule has 0 fully saturated rings. The topological polar surface area (TPSA) is 36.1 Å². The van der Waals surface area contributed by atoms with Crippen LogP contribution in [0.25, 0.3) is 0 Å². The highest BCUT2D eigenvalue weighted by atomic mass is 32.2. The van der Waals surface area contributed by atoms with Crippen molar-refractivity contribution in [3.8, 4) is 0 Å². The SMILES string of the molecule is CC(C)NCC(NCCNCC(C)(C)SCc1ccccc1)C(C)(C=S)Cc1ccccc1. The number of thiocarbonyl (C=S) groups is 1. The summed E-state index contributed by atoms with van der Waals surface area (Å²) >= 11 is 7.56. The van der Waals surface area contributed by atoms with Crippen LogP contribution in [0, 0.1) is 5.41 Å². The molecule has 2 unspecified atom stereocenters. The molecule has 2 aromatic rings. The molecule has 0 radical (unpaired) electrons. The first kappa shape index (κ1) is 28.0. The molecule has 2 rings (SSSR count). The second kappa shape index (κ2) is 14.2. The van der Waals surface area contributed by atoms with Crippen molar-refractivity contribution in [3.05, 3.63) is 71.8 Å². The Morgan fingerprint density at radius 1 is 0.879 bits per heavy atom. The smallest absolute Gasteiger partial charge is 0.0292 e. The van der Waals surface area contributed by atoms with Crippen LogP contribution >= 0.6 is 24.0 Å². The van der Waals surface area contributed by atoms with Crippen molar-refractivity contribution in [2.45, 2.75) is 63.6 Å². The summed E-state index contributed by atoms with van der Waals surface area (Å²) in [6.45, 7) is 15.0. The van der Waals surface area contributed by atoms with Gasteiger partial charge in [-0.2, -0.15) is 0 Å². The van der Waals surface area contributed by atoms with E-state index >= 15 is 0 Å². The van der Waals surface area contributed by atoms with E-state index in [0.717, 1.165) is 38.4 Å². The van der Waals surface area contributed by atoms with E-state index in [1.165, 1.54) is 11.1 Å². The van der Waals surface area contributed by atoms with E-state index in [0.29, 0.717) is 6.04 Å². The molecule has 0 aliphatic heterocycles. The Balaban J connectivity index is 1.84. The second-order valence-electron chi connectivity index (χ2n) is 10.1. The van der Waals surface area contributed by atoms with Gasteiger partial charge < -0.3 is 16.0 Å². The van der Waals surface area contributed by atoms with E-state index in [9.17, 15) is 0 Å². The lowest BCUT2D eigenvalue weighted by Crippen LogP contribution is -2.53. The number of hydrogen-bond acceptors (Lipinski definition) is 5. The van der Waals surface area contributed by atoms with Crippen molar-refractivity contribution < 1.29 is 0 Å². The standard InChI is InChI=1S/C28H43N3S2/c1-23(2)31-19-26(28(5,22-32)18-24-12-8-6-9-13-24)30-17-16-29-21-27(3,4)33-20-25-14-10-7-11-15-25/h6-15,22-23,26,29-31H,16-21H2,1-5H3. The molecule has 0 aromatic heterocycles. The molecule has 2 aromatic carbocycles. The normalized spacial score (nSPS) is 14.7. The van der Waals surface area contributed by atoms with Gasteiger partial charge in [-0.15, -0.1) is 11.8 Å². The van der Waals surface area contributed by atoms with E-state index in [1.54, 1.807) is 0 Å². The van der Waals surface area contributed by atoms with Gasteiger partial charge in [0.2, 0.25) is 0 Å². The van der Waals surface area contributed by atoms with Crippen molar-refractivity contribution in [2.24, 2.45) is 5.41 Å². The molecule has 3 nitrogen and oxygen atoms in total. The van der Waals surface area contributed by atoms with Crippen molar-refractivity contribution in [1.82, 2.24) is 16.0 Å². The molecule has 0 saturated heterocycles. The zero-order valence-electron chi connectivity index (χ0n) is 21.1. The summed E-state index contributed by atoms with van der Waals surface area (Å²) in [6, 6.07) is 22.1. The Kier molecular flexibility index (Phi) is 12.1. The van der Waals surface area contributed by atoms with E-state index in [1.807, 2.05) is 17.1 Å². The third kappa shape index (κ3) is 10.7. The Labute approximate surface area is 211 Å². The average molecular weight is 486 g/mol. The lowest BCUT2D eigenvalue weighted by Gasteiger charge is -2.36. The van der Waals surface area contributed by atoms with Gasteiger partial charge in [0.25, 0.3) is 0 Å². The molecule has 0 heterocycles. The highest BCUT2D eigenvalue weighted by Gasteiger charge is 2.32. The van der Waals surface area contributed by atoms with Crippen LogP contribution in [-0.4, -0.2) is 48.4 Å². The molecular weight excluding hydrogens is 442 g/mol. The third-order valence-corrected chi connectivity index (χ3v) is 7.88. The number of nitrogens with one attached hydrogen (secondary N) is 3. The molecule has 0 saturated carbocycles. The van der Waals surface area contributed by atoms with Crippen LogP contribution in [0.3, 0.4) is 0 Å². The zero-order chi connectivity index (χ0) is 24.2. The van der Waals surface area contributed by atoms with Gasteiger partial charge in [-0.25, -0.2) is 0 Å². The fourth-order valence-electron chi connectivity index (χ4n) is 3.80. The largest absolute Gasteiger partial charge is 0.314 e. The Hall–Kier alpha value is -1.24. The molecular formula is C28H43N3S2. The molecule has 182 valence electrons. The van der Waals surface area contributed by atoms with Crippen LogP contribution < -0.4 is 16.0 Å². The predicted molar refractivity (Wildman–Crippen MR) is 152 cm³/mol. The fourth-order valence-corrected chi connectivity index (χ4v) is 5.00. The summed E-state index contributed by atoms with van der Waals surface area (Å²) in [5.41, 5.74) is 2.60. The predicted octanol–water partition coefficient (Wildman–Crippen LogP) is 5.49. The first-order valence-corrected chi connectivity index (χ1v) is 13.6. The van der Waals surface area contributed by atoms with Gasteiger partial charge in [-0.1, -0.05) is 93.7 Å². The van der Waals surface area contributed by atoms with E-state index in [-0.39, 0.29) is 16.2 Å². The molecule has 0 spiro atoms. The van der Waals surface area contributed by atoms with Crippen LogP contribution in [0.4, 0.5) is 0 Å². The molecule has 5 heteroatoms. The highest BCUT2D eigenvalue weighted by molar-refractivity contribution is 7.99. The molecule has 0 bridgehead atoms. The van der Waals surface area contributed by atoms with Crippen LogP contribution in [0.15, 0.2) is 60.7 Å². The summed E-state index contributed by atoms with van der Waals surface area (Å²) in [5, 5.41) is 13.0. The summed E-state index contributed by atoms with van der Waals surface area (Å²) in [4.78, 5) is 0. The minimum Gasteiger partial charge on any atom is -0.314 e. The van der Waals surface area contributed by atoms with E-state index in [4.69, 9.17) is 12.2 Å². The monoisotopic (exact) mass is 485 g/mol. The number of thioether (sulfide) groups is 1. The first-order valence-electron chi connectivity index (χ1n) is 12.1. The van der Waals surface area contributed by atoms with Crippen LogP contribution in [0.2, 0.25) is 0 Å². The van der Waals surface area contributed by atoms with Gasteiger partial charge in [0, 0.05) is 54.2 Å². The molecule has 2 atom stereocenters. The molecule has 0 aliphatic carbocycles. The summed E-state index contributed by atoms with van der Waals surface area (Å²) < 4.78 is 0.185. The van der Waals surface area contributed by atoms with Crippen molar-refractivity contribution in [3.63, 3.8) is 0 Å². The average Bonchev–Trinajstić information content (AvgIpc) is 2.80. The summed E-state index contributed by atoms with van der Waals surface area (Å²) in [6.07, 6.45) is 0.936. The lowest BCUT2D eigenvalue weighted by molar-refractivity contribution is 0.296. The zero-order valence-corrected chi connectivity index (χ0v) is 22.7. The maximum Gasteiger partial charge on any atom is 0.0292 e. The number of benzene rings is 2. The molecule has 33 heavy (non-hydrogen) atoms. The third-order valence-electron chi connectivity index (χ3n) is 5.94. The van der Waals surface area contributed by atoms with Gasteiger partial charge in [-0.3, -0.25) is 0 Å². The van der Waals surface area contributed by atoms with Crippen molar-refractivity contribution in [2.75, 3.05) is 26.2 Å². The van der Waals surface area contributed by atoms with E-state index < -0.39 is 0 Å². The fraction of sp³-hybridized carbons (Fsp3) is 0.536. The molecule has 3 N–H and O–H groups in total. The minimum absolute atomic E-state index is 0.108. The van der Waals surface area contributed by atoms with E-state index in [2.05, 4.69) is 111 Å². The summed E-state index contributed by atoms with van der Waals surface area (Å²) in [5.74, 6) is 1.04. The van der Waals surface area contributed by atoms with Crippen LogP contribution in [-0.2, 0) is 12.2 Å². The number of hydrogen-bond donors (Lipinski definition) is 3. The van der Waals surface area contributed by atoms with Gasteiger partial charge in [0.1, 0.15) is 0 Å². The van der Waals surface area contributed by atoms with Crippen LogP contribution in [0.5, 0.6) is 0 Å². The minimum atomic E-state index is -0.108.